The van der Waals surface area contributed by atoms with E-state index in [1.54, 1.807) is 6.92 Å². The molecule has 0 bridgehead atoms. The minimum absolute atomic E-state index is 0.0815. The minimum Gasteiger partial charge on any atom is -0.459 e. The molecule has 0 heterocycles. The van der Waals surface area contributed by atoms with E-state index >= 15 is 0 Å². The highest BCUT2D eigenvalue weighted by atomic mass is 28.4. The molecule has 0 saturated heterocycles. The summed E-state index contributed by atoms with van der Waals surface area (Å²) in [6, 6.07) is 11.8. The Bertz CT molecular complexity index is 740. The number of hydrogen-bond acceptors (Lipinski definition) is 7. The molecule has 0 radical (unpaired) electrons. The van der Waals surface area contributed by atoms with Gasteiger partial charge < -0.3 is 23.4 Å². The van der Waals surface area contributed by atoms with Gasteiger partial charge in [0.2, 0.25) is 0 Å². The van der Waals surface area contributed by atoms with Crippen molar-refractivity contribution in [2.75, 3.05) is 7.11 Å². The maximum Gasteiger partial charge on any atom is 0.337 e. The molecule has 1 rings (SSSR count). The predicted octanol–water partition coefficient (Wildman–Crippen LogP) is 4.68. The Labute approximate surface area is 199 Å². The molecule has 0 saturated carbocycles. The van der Waals surface area contributed by atoms with Crippen LogP contribution in [0, 0.1) is 5.92 Å². The number of carbonyl (C=O) groups excluding carboxylic acids is 3. The molecule has 0 aliphatic rings. The fraction of sp³-hybridized carbons (Fsp3) is 0.640. The molecule has 0 fully saturated rings. The summed E-state index contributed by atoms with van der Waals surface area (Å²) in [6.45, 7) is 11.5. The highest BCUT2D eigenvalue weighted by Crippen LogP contribution is 2.32. The Morgan fingerprint density at radius 1 is 1.06 bits per heavy atom. The van der Waals surface area contributed by atoms with Gasteiger partial charge in [0.1, 0.15) is 18.8 Å². The summed E-state index contributed by atoms with van der Waals surface area (Å²) in [7, 11) is -0.889. The van der Waals surface area contributed by atoms with Crippen molar-refractivity contribution < 1.29 is 33.0 Å². The molecule has 0 spiro atoms. The van der Waals surface area contributed by atoms with Gasteiger partial charge in [-0.3, -0.25) is 4.79 Å². The SMILES string of the molecule is CC[Si](CC)(CC)O[C@](C)(CC(=O)O[C@H](C(C)C)[C@H](C=O)OC)C(=O)OCc1ccccc1. The van der Waals surface area contributed by atoms with Crippen LogP contribution in [0.3, 0.4) is 0 Å². The van der Waals surface area contributed by atoms with E-state index in [0.29, 0.717) is 6.29 Å². The number of hydrogen-bond donors (Lipinski definition) is 0. The van der Waals surface area contributed by atoms with Crippen LogP contribution in [0.15, 0.2) is 30.3 Å². The molecular formula is C25H40O7Si. The first-order chi connectivity index (χ1) is 15.6. The van der Waals surface area contributed by atoms with Crippen molar-refractivity contribution in [2.24, 2.45) is 5.92 Å². The fourth-order valence-corrected chi connectivity index (χ4v) is 6.83. The van der Waals surface area contributed by atoms with Crippen LogP contribution in [0.4, 0.5) is 0 Å². The molecular weight excluding hydrogens is 440 g/mol. The molecule has 3 atom stereocenters. The number of esters is 2. The average Bonchev–Trinajstić information content (AvgIpc) is 2.81. The molecule has 0 N–H and O–H groups in total. The Kier molecular flexibility index (Phi) is 12.0. The molecule has 0 amide bonds. The van der Waals surface area contributed by atoms with E-state index in [9.17, 15) is 14.4 Å². The monoisotopic (exact) mass is 480 g/mol. The summed E-state index contributed by atoms with van der Waals surface area (Å²) < 4.78 is 22.9. The van der Waals surface area contributed by atoms with Crippen molar-refractivity contribution in [3.05, 3.63) is 35.9 Å². The van der Waals surface area contributed by atoms with Crippen LogP contribution in [0.25, 0.3) is 0 Å². The fourth-order valence-electron chi connectivity index (χ4n) is 3.79. The maximum atomic E-state index is 13.3. The van der Waals surface area contributed by atoms with Crippen molar-refractivity contribution in [3.8, 4) is 0 Å². The molecule has 8 heteroatoms. The van der Waals surface area contributed by atoms with Crippen molar-refractivity contribution in [1.82, 2.24) is 0 Å². The second-order valence-electron chi connectivity index (χ2n) is 8.85. The third-order valence-electron chi connectivity index (χ3n) is 6.16. The van der Waals surface area contributed by atoms with Gasteiger partial charge >= 0.3 is 11.9 Å². The summed E-state index contributed by atoms with van der Waals surface area (Å²) in [6.07, 6.45) is -1.35. The largest absolute Gasteiger partial charge is 0.459 e. The minimum atomic E-state index is -2.28. The molecule has 0 aliphatic heterocycles. The summed E-state index contributed by atoms with van der Waals surface area (Å²) >= 11 is 0. The van der Waals surface area contributed by atoms with Gasteiger partial charge in [0.05, 0.1) is 6.42 Å². The Balaban J connectivity index is 3.13. The number of carbonyl (C=O) groups is 3. The standard InChI is InChI=1S/C25H40O7Si/c1-8-33(9-2,10-3)32-25(6,24(28)30-18-20-14-12-11-13-15-20)16-22(27)31-23(19(4)5)21(17-26)29-7/h11-15,17,19,21,23H,8-10,16,18H2,1-7H3/t21-,23+,25+/m0/s1. The molecule has 186 valence electrons. The normalized spacial score (nSPS) is 15.4. The predicted molar refractivity (Wildman–Crippen MR) is 129 cm³/mol. The van der Waals surface area contributed by atoms with E-state index < -0.39 is 38.1 Å². The van der Waals surface area contributed by atoms with Crippen LogP contribution in [0.1, 0.15) is 53.5 Å². The van der Waals surface area contributed by atoms with Crippen LogP contribution >= 0.6 is 0 Å². The first-order valence-corrected chi connectivity index (χ1v) is 14.2. The molecule has 0 aromatic heterocycles. The van der Waals surface area contributed by atoms with Gasteiger partial charge in [-0.2, -0.15) is 0 Å². The third kappa shape index (κ3) is 8.35. The van der Waals surface area contributed by atoms with Crippen LogP contribution in [-0.4, -0.2) is 51.5 Å². The first-order valence-electron chi connectivity index (χ1n) is 11.7. The van der Waals surface area contributed by atoms with E-state index in [0.717, 1.165) is 23.7 Å². The van der Waals surface area contributed by atoms with Crippen molar-refractivity contribution >= 4 is 26.5 Å². The summed E-state index contributed by atoms with van der Waals surface area (Å²) in [5, 5.41) is 0. The summed E-state index contributed by atoms with van der Waals surface area (Å²) in [5.74, 6) is -1.39. The van der Waals surface area contributed by atoms with E-state index in [4.69, 9.17) is 18.6 Å². The lowest BCUT2D eigenvalue weighted by Gasteiger charge is -2.38. The van der Waals surface area contributed by atoms with Crippen molar-refractivity contribution in [2.45, 2.75) is 90.5 Å². The van der Waals surface area contributed by atoms with Gasteiger partial charge in [0.25, 0.3) is 0 Å². The lowest BCUT2D eigenvalue weighted by Crippen LogP contribution is -2.52. The lowest BCUT2D eigenvalue weighted by atomic mass is 10.0. The van der Waals surface area contributed by atoms with Crippen LogP contribution in [0.5, 0.6) is 0 Å². The van der Waals surface area contributed by atoms with E-state index in [1.807, 2.05) is 44.2 Å². The Hall–Kier alpha value is -2.03. The van der Waals surface area contributed by atoms with Crippen LogP contribution in [0.2, 0.25) is 18.1 Å². The number of methoxy groups -OCH3 is 1. The average molecular weight is 481 g/mol. The zero-order chi connectivity index (χ0) is 25.1. The van der Waals surface area contributed by atoms with Crippen LogP contribution in [-0.2, 0) is 39.6 Å². The van der Waals surface area contributed by atoms with Gasteiger partial charge in [-0.1, -0.05) is 65.0 Å². The zero-order valence-electron chi connectivity index (χ0n) is 21.1. The van der Waals surface area contributed by atoms with Gasteiger partial charge in [0, 0.05) is 7.11 Å². The summed E-state index contributed by atoms with van der Waals surface area (Å²) in [4.78, 5) is 37.6. The molecule has 1 aromatic rings. The number of aldehydes is 1. The van der Waals surface area contributed by atoms with Gasteiger partial charge in [-0.15, -0.1) is 0 Å². The van der Waals surface area contributed by atoms with Crippen molar-refractivity contribution in [3.63, 3.8) is 0 Å². The van der Waals surface area contributed by atoms with Crippen LogP contribution < -0.4 is 0 Å². The van der Waals surface area contributed by atoms with E-state index in [-0.39, 0.29) is 18.9 Å². The number of benzene rings is 1. The Morgan fingerprint density at radius 2 is 1.64 bits per heavy atom. The molecule has 1 aromatic carbocycles. The lowest BCUT2D eigenvalue weighted by molar-refractivity contribution is -0.175. The topological polar surface area (TPSA) is 88.1 Å². The quantitative estimate of drug-likeness (QED) is 0.204. The maximum absolute atomic E-state index is 13.3. The second kappa shape index (κ2) is 13.6. The highest BCUT2D eigenvalue weighted by Gasteiger charge is 2.46. The third-order valence-corrected chi connectivity index (χ3v) is 10.9. The zero-order valence-corrected chi connectivity index (χ0v) is 22.1. The molecule has 0 unspecified atom stereocenters. The summed E-state index contributed by atoms with van der Waals surface area (Å²) in [5.41, 5.74) is -0.652. The van der Waals surface area contributed by atoms with Gasteiger partial charge in [0.15, 0.2) is 20.2 Å². The van der Waals surface area contributed by atoms with Gasteiger partial charge in [-0.05, 0) is 36.5 Å². The second-order valence-corrected chi connectivity index (χ2v) is 13.5. The first kappa shape index (κ1) is 29.0. The van der Waals surface area contributed by atoms with E-state index in [2.05, 4.69) is 20.8 Å². The highest BCUT2D eigenvalue weighted by molar-refractivity contribution is 6.73. The molecule has 0 aliphatic carbocycles. The van der Waals surface area contributed by atoms with Crippen molar-refractivity contribution in [1.29, 1.82) is 0 Å². The van der Waals surface area contributed by atoms with E-state index in [1.165, 1.54) is 7.11 Å². The Morgan fingerprint density at radius 3 is 2.09 bits per heavy atom. The number of rotatable bonds is 15. The number of ether oxygens (including phenoxy) is 3. The molecule has 33 heavy (non-hydrogen) atoms. The smallest absolute Gasteiger partial charge is 0.337 e. The molecule has 7 nitrogen and oxygen atoms in total. The van der Waals surface area contributed by atoms with Gasteiger partial charge in [-0.25, -0.2) is 4.79 Å².